The summed E-state index contributed by atoms with van der Waals surface area (Å²) in [6, 6.07) is 0. The van der Waals surface area contributed by atoms with Gasteiger partial charge >= 0.3 is 0 Å². The molecule has 0 radical (unpaired) electrons. The summed E-state index contributed by atoms with van der Waals surface area (Å²) < 4.78 is 15.4. The first-order valence-electron chi connectivity index (χ1n) is 5.06. The fourth-order valence-electron chi connectivity index (χ4n) is 1.16. The molecular formula is C9H15N3OS2. The van der Waals surface area contributed by atoms with Gasteiger partial charge in [0, 0.05) is 46.3 Å². The topological polar surface area (TPSA) is 54.9 Å². The van der Waals surface area contributed by atoms with Crippen molar-refractivity contribution in [2.24, 2.45) is 0 Å². The molecule has 1 aliphatic carbocycles. The van der Waals surface area contributed by atoms with E-state index in [1.807, 2.05) is 6.92 Å². The highest BCUT2D eigenvalue weighted by molar-refractivity contribution is 7.84. The van der Waals surface area contributed by atoms with E-state index in [1.165, 1.54) is 24.4 Å². The smallest absolute Gasteiger partial charge is 0.202 e. The van der Waals surface area contributed by atoms with Gasteiger partial charge in [0.1, 0.15) is 5.82 Å². The molecule has 2 rings (SSSR count). The minimum Gasteiger partial charge on any atom is -0.359 e. The average molecular weight is 245 g/mol. The van der Waals surface area contributed by atoms with Gasteiger partial charge in [0.05, 0.1) is 0 Å². The highest BCUT2D eigenvalue weighted by atomic mass is 32.2. The number of rotatable bonds is 5. The predicted molar refractivity (Wildman–Crippen MR) is 63.9 cm³/mol. The lowest BCUT2D eigenvalue weighted by molar-refractivity contribution is 0.679. The lowest BCUT2D eigenvalue weighted by Gasteiger charge is -2.07. The SMILES string of the molecule is CC(CNc1nc(C2CC2)ns1)S(C)=O. The van der Waals surface area contributed by atoms with Crippen LogP contribution in [0.3, 0.4) is 0 Å². The Kier molecular flexibility index (Phi) is 3.35. The van der Waals surface area contributed by atoms with Crippen LogP contribution in [0, 0.1) is 0 Å². The van der Waals surface area contributed by atoms with Crippen LogP contribution in [0.1, 0.15) is 31.5 Å². The molecule has 0 aromatic carbocycles. The minimum absolute atomic E-state index is 0.151. The molecular weight excluding hydrogens is 230 g/mol. The number of nitrogens with one attached hydrogen (secondary N) is 1. The molecule has 0 spiro atoms. The Hall–Kier alpha value is -0.490. The highest BCUT2D eigenvalue weighted by Crippen LogP contribution is 2.39. The molecule has 1 heterocycles. The number of hydrogen-bond donors (Lipinski definition) is 1. The van der Waals surface area contributed by atoms with Gasteiger partial charge in [-0.25, -0.2) is 4.98 Å². The zero-order valence-electron chi connectivity index (χ0n) is 8.90. The van der Waals surface area contributed by atoms with E-state index >= 15 is 0 Å². The molecule has 15 heavy (non-hydrogen) atoms. The van der Waals surface area contributed by atoms with E-state index in [1.54, 1.807) is 6.26 Å². The fourth-order valence-corrected chi connectivity index (χ4v) is 2.13. The van der Waals surface area contributed by atoms with E-state index in [4.69, 9.17) is 0 Å². The molecule has 1 fully saturated rings. The van der Waals surface area contributed by atoms with Gasteiger partial charge in [0.25, 0.3) is 0 Å². The van der Waals surface area contributed by atoms with E-state index in [0.717, 1.165) is 11.0 Å². The van der Waals surface area contributed by atoms with E-state index in [2.05, 4.69) is 14.7 Å². The number of anilines is 1. The van der Waals surface area contributed by atoms with Crippen molar-refractivity contribution in [1.82, 2.24) is 9.36 Å². The van der Waals surface area contributed by atoms with Crippen molar-refractivity contribution in [2.45, 2.75) is 30.9 Å². The number of aromatic nitrogens is 2. The molecule has 84 valence electrons. The second kappa shape index (κ2) is 4.57. The predicted octanol–water partition coefficient (Wildman–Crippen LogP) is 1.59. The first-order chi connectivity index (χ1) is 7.16. The average Bonchev–Trinajstić information content (AvgIpc) is 2.95. The molecule has 0 saturated heterocycles. The second-order valence-corrected chi connectivity index (χ2v) is 6.48. The largest absolute Gasteiger partial charge is 0.359 e. The zero-order valence-corrected chi connectivity index (χ0v) is 10.5. The Labute approximate surface area is 96.1 Å². The van der Waals surface area contributed by atoms with Crippen LogP contribution in [-0.4, -0.2) is 31.6 Å². The lowest BCUT2D eigenvalue weighted by atomic mass is 10.4. The molecule has 4 nitrogen and oxygen atoms in total. The fraction of sp³-hybridized carbons (Fsp3) is 0.778. The van der Waals surface area contributed by atoms with Crippen LogP contribution < -0.4 is 5.32 Å². The van der Waals surface area contributed by atoms with Gasteiger partial charge in [0.2, 0.25) is 5.13 Å². The molecule has 0 bridgehead atoms. The van der Waals surface area contributed by atoms with Gasteiger partial charge in [-0.1, -0.05) is 0 Å². The number of hydrogen-bond acceptors (Lipinski definition) is 5. The maximum absolute atomic E-state index is 11.1. The monoisotopic (exact) mass is 245 g/mol. The second-order valence-electron chi connectivity index (χ2n) is 3.92. The third-order valence-electron chi connectivity index (χ3n) is 2.49. The zero-order chi connectivity index (χ0) is 10.8. The van der Waals surface area contributed by atoms with Crippen LogP contribution in [0.15, 0.2) is 0 Å². The van der Waals surface area contributed by atoms with Crippen molar-refractivity contribution in [3.05, 3.63) is 5.82 Å². The summed E-state index contributed by atoms with van der Waals surface area (Å²) in [6.45, 7) is 2.66. The first kappa shape index (κ1) is 11.0. The molecule has 6 heteroatoms. The molecule has 1 N–H and O–H groups in total. The Morgan fingerprint density at radius 1 is 1.67 bits per heavy atom. The van der Waals surface area contributed by atoms with Crippen LogP contribution in [0.2, 0.25) is 0 Å². The molecule has 1 aliphatic rings. The summed E-state index contributed by atoms with van der Waals surface area (Å²) in [5.74, 6) is 1.59. The van der Waals surface area contributed by atoms with Gasteiger partial charge in [-0.05, 0) is 19.8 Å². The van der Waals surface area contributed by atoms with Crippen LogP contribution >= 0.6 is 11.5 Å². The maximum Gasteiger partial charge on any atom is 0.202 e. The molecule has 1 saturated carbocycles. The molecule has 2 unspecified atom stereocenters. The minimum atomic E-state index is -0.780. The Morgan fingerprint density at radius 2 is 2.40 bits per heavy atom. The van der Waals surface area contributed by atoms with Crippen LogP contribution in [0.25, 0.3) is 0 Å². The van der Waals surface area contributed by atoms with E-state index in [0.29, 0.717) is 12.5 Å². The van der Waals surface area contributed by atoms with Crippen LogP contribution in [0.4, 0.5) is 5.13 Å². The summed E-state index contributed by atoms with van der Waals surface area (Å²) >= 11 is 1.40. The summed E-state index contributed by atoms with van der Waals surface area (Å²) in [5.41, 5.74) is 0. The van der Waals surface area contributed by atoms with E-state index in [9.17, 15) is 4.21 Å². The molecule has 2 atom stereocenters. The summed E-state index contributed by atoms with van der Waals surface area (Å²) in [4.78, 5) is 4.40. The molecule has 1 aromatic heterocycles. The molecule has 0 aliphatic heterocycles. The van der Waals surface area contributed by atoms with Crippen molar-refractivity contribution in [2.75, 3.05) is 18.1 Å². The van der Waals surface area contributed by atoms with Gasteiger partial charge in [-0.15, -0.1) is 0 Å². The lowest BCUT2D eigenvalue weighted by Crippen LogP contribution is -2.20. The van der Waals surface area contributed by atoms with Crippen LogP contribution in [0.5, 0.6) is 0 Å². The third kappa shape index (κ3) is 2.98. The van der Waals surface area contributed by atoms with Crippen molar-refractivity contribution in [3.8, 4) is 0 Å². The van der Waals surface area contributed by atoms with Crippen molar-refractivity contribution >= 4 is 27.5 Å². The number of nitrogens with zero attached hydrogens (tertiary/aromatic N) is 2. The van der Waals surface area contributed by atoms with Gasteiger partial charge in [0.15, 0.2) is 0 Å². The maximum atomic E-state index is 11.1. The summed E-state index contributed by atoms with van der Waals surface area (Å²) in [5, 5.41) is 4.19. The van der Waals surface area contributed by atoms with E-state index in [-0.39, 0.29) is 5.25 Å². The normalized spacial score (nSPS) is 19.9. The highest BCUT2D eigenvalue weighted by Gasteiger charge is 2.27. The van der Waals surface area contributed by atoms with Gasteiger partial charge in [-0.3, -0.25) is 4.21 Å². The Balaban J connectivity index is 1.85. The Bertz CT molecular complexity index is 362. The van der Waals surface area contributed by atoms with E-state index < -0.39 is 10.8 Å². The van der Waals surface area contributed by atoms with Gasteiger partial charge < -0.3 is 5.32 Å². The summed E-state index contributed by atoms with van der Waals surface area (Å²) in [7, 11) is -0.780. The van der Waals surface area contributed by atoms with Crippen molar-refractivity contribution in [3.63, 3.8) is 0 Å². The Morgan fingerprint density at radius 3 is 3.00 bits per heavy atom. The van der Waals surface area contributed by atoms with Gasteiger partial charge in [-0.2, -0.15) is 4.37 Å². The first-order valence-corrected chi connectivity index (χ1v) is 7.46. The third-order valence-corrected chi connectivity index (χ3v) is 4.48. The quantitative estimate of drug-likeness (QED) is 0.856. The van der Waals surface area contributed by atoms with Crippen molar-refractivity contribution in [1.29, 1.82) is 0 Å². The summed E-state index contributed by atoms with van der Waals surface area (Å²) in [6.07, 6.45) is 4.18. The van der Waals surface area contributed by atoms with Crippen molar-refractivity contribution < 1.29 is 4.21 Å². The molecule has 0 amide bonds. The standard InChI is InChI=1S/C9H15N3OS2/c1-6(15(2)13)5-10-9-11-8(12-14-9)7-3-4-7/h6-7H,3-5H2,1-2H3,(H,10,11,12). The van der Waals surface area contributed by atoms with Crippen LogP contribution in [-0.2, 0) is 10.8 Å². The molecule has 1 aromatic rings.